The van der Waals surface area contributed by atoms with Gasteiger partial charge in [0.15, 0.2) is 0 Å². The van der Waals surface area contributed by atoms with E-state index in [1.807, 2.05) is 6.07 Å². The van der Waals surface area contributed by atoms with Crippen molar-refractivity contribution in [2.75, 3.05) is 27.2 Å². The minimum atomic E-state index is -0.0859. The second-order valence-electron chi connectivity index (χ2n) is 5.76. The first-order valence-electron chi connectivity index (χ1n) is 6.61. The van der Waals surface area contributed by atoms with Crippen molar-refractivity contribution in [3.05, 3.63) is 28.2 Å². The molecule has 0 saturated carbocycles. The summed E-state index contributed by atoms with van der Waals surface area (Å²) >= 11 is 3.52. The second-order valence-corrected chi connectivity index (χ2v) is 6.62. The standard InChI is InChI=1S/C15H25BrN2O/c1-15(2,17)8-10-18(3)9-7-12-5-6-14(19-4)13(16)11-12/h5-6,11H,7-10,17H2,1-4H3. The fraction of sp³-hybridized carbons (Fsp3) is 0.600. The number of methoxy groups -OCH3 is 1. The third-order valence-corrected chi connectivity index (χ3v) is 3.76. The van der Waals surface area contributed by atoms with Crippen LogP contribution in [0.1, 0.15) is 25.8 Å². The highest BCUT2D eigenvalue weighted by atomic mass is 79.9. The average molecular weight is 329 g/mol. The molecule has 0 aromatic heterocycles. The molecular formula is C15H25BrN2O. The smallest absolute Gasteiger partial charge is 0.133 e. The van der Waals surface area contributed by atoms with Crippen molar-refractivity contribution < 1.29 is 4.74 Å². The van der Waals surface area contributed by atoms with Crippen LogP contribution in [0.15, 0.2) is 22.7 Å². The lowest BCUT2D eigenvalue weighted by Crippen LogP contribution is -2.36. The van der Waals surface area contributed by atoms with Gasteiger partial charge in [0, 0.05) is 12.1 Å². The zero-order valence-corrected chi connectivity index (χ0v) is 14.0. The van der Waals surface area contributed by atoms with Gasteiger partial charge in [0.25, 0.3) is 0 Å². The first-order chi connectivity index (χ1) is 8.81. The van der Waals surface area contributed by atoms with Crippen molar-refractivity contribution in [3.63, 3.8) is 0 Å². The number of halogens is 1. The van der Waals surface area contributed by atoms with Crippen LogP contribution in [-0.2, 0) is 6.42 Å². The number of hydrogen-bond acceptors (Lipinski definition) is 3. The van der Waals surface area contributed by atoms with Crippen molar-refractivity contribution in [2.45, 2.75) is 32.2 Å². The second kappa shape index (κ2) is 7.27. The first-order valence-corrected chi connectivity index (χ1v) is 7.41. The van der Waals surface area contributed by atoms with Gasteiger partial charge < -0.3 is 15.4 Å². The van der Waals surface area contributed by atoms with Gasteiger partial charge >= 0.3 is 0 Å². The number of likely N-dealkylation sites (N-methyl/N-ethyl adjacent to an activating group) is 1. The molecule has 3 nitrogen and oxygen atoms in total. The summed E-state index contributed by atoms with van der Waals surface area (Å²) in [6.45, 7) is 6.21. The highest BCUT2D eigenvalue weighted by molar-refractivity contribution is 9.10. The molecule has 0 atom stereocenters. The maximum atomic E-state index is 6.00. The van der Waals surface area contributed by atoms with Crippen LogP contribution in [0.2, 0.25) is 0 Å². The average Bonchev–Trinajstić information content (AvgIpc) is 2.33. The van der Waals surface area contributed by atoms with Crippen LogP contribution >= 0.6 is 15.9 Å². The molecule has 0 unspecified atom stereocenters. The Labute approximate surface area is 125 Å². The Morgan fingerprint density at radius 1 is 1.32 bits per heavy atom. The Balaban J connectivity index is 2.42. The molecule has 0 heterocycles. The van der Waals surface area contributed by atoms with E-state index in [1.54, 1.807) is 7.11 Å². The molecular weight excluding hydrogens is 304 g/mol. The van der Waals surface area contributed by atoms with Crippen LogP contribution in [0.4, 0.5) is 0 Å². The molecule has 0 fully saturated rings. The summed E-state index contributed by atoms with van der Waals surface area (Å²) in [6, 6.07) is 6.24. The monoisotopic (exact) mass is 328 g/mol. The van der Waals surface area contributed by atoms with Gasteiger partial charge in [-0.1, -0.05) is 6.07 Å². The van der Waals surface area contributed by atoms with Crippen molar-refractivity contribution in [1.29, 1.82) is 0 Å². The third-order valence-electron chi connectivity index (χ3n) is 3.14. The fourth-order valence-electron chi connectivity index (χ4n) is 1.78. The van der Waals surface area contributed by atoms with E-state index in [0.717, 1.165) is 36.2 Å². The zero-order chi connectivity index (χ0) is 14.5. The number of nitrogens with zero attached hydrogens (tertiary/aromatic N) is 1. The van der Waals surface area contributed by atoms with Crippen molar-refractivity contribution >= 4 is 15.9 Å². The summed E-state index contributed by atoms with van der Waals surface area (Å²) in [4.78, 5) is 2.33. The molecule has 0 saturated heterocycles. The van der Waals surface area contributed by atoms with E-state index >= 15 is 0 Å². The molecule has 1 rings (SSSR count). The van der Waals surface area contributed by atoms with Gasteiger partial charge in [0.05, 0.1) is 11.6 Å². The Hall–Kier alpha value is -0.580. The maximum absolute atomic E-state index is 6.00. The van der Waals surface area contributed by atoms with E-state index < -0.39 is 0 Å². The third kappa shape index (κ3) is 6.41. The van der Waals surface area contributed by atoms with E-state index in [4.69, 9.17) is 10.5 Å². The molecule has 2 N–H and O–H groups in total. The molecule has 4 heteroatoms. The van der Waals surface area contributed by atoms with Crippen LogP contribution in [0.25, 0.3) is 0 Å². The van der Waals surface area contributed by atoms with Crippen LogP contribution in [0, 0.1) is 0 Å². The largest absolute Gasteiger partial charge is 0.496 e. The lowest BCUT2D eigenvalue weighted by atomic mass is 10.0. The summed E-state index contributed by atoms with van der Waals surface area (Å²) in [5.41, 5.74) is 7.22. The van der Waals surface area contributed by atoms with Gasteiger partial charge in [-0.3, -0.25) is 0 Å². The molecule has 0 radical (unpaired) electrons. The first kappa shape index (κ1) is 16.5. The highest BCUT2D eigenvalue weighted by Gasteiger charge is 2.11. The highest BCUT2D eigenvalue weighted by Crippen LogP contribution is 2.25. The quantitative estimate of drug-likeness (QED) is 0.836. The van der Waals surface area contributed by atoms with Gasteiger partial charge in [0.1, 0.15) is 5.75 Å². The molecule has 0 aliphatic carbocycles. The fourth-order valence-corrected chi connectivity index (χ4v) is 2.36. The lowest BCUT2D eigenvalue weighted by Gasteiger charge is -2.23. The molecule has 19 heavy (non-hydrogen) atoms. The zero-order valence-electron chi connectivity index (χ0n) is 12.4. The van der Waals surface area contributed by atoms with Crippen molar-refractivity contribution in [3.8, 4) is 5.75 Å². The Morgan fingerprint density at radius 2 is 2.00 bits per heavy atom. The summed E-state index contributed by atoms with van der Waals surface area (Å²) in [5, 5.41) is 0. The minimum Gasteiger partial charge on any atom is -0.496 e. The molecule has 0 amide bonds. The topological polar surface area (TPSA) is 38.5 Å². The van der Waals surface area contributed by atoms with Crippen LogP contribution in [-0.4, -0.2) is 37.7 Å². The molecule has 1 aromatic rings. The van der Waals surface area contributed by atoms with Gasteiger partial charge in [-0.25, -0.2) is 0 Å². The predicted molar refractivity (Wildman–Crippen MR) is 84.8 cm³/mol. The molecule has 0 bridgehead atoms. The molecule has 0 aliphatic heterocycles. The number of ether oxygens (including phenoxy) is 1. The molecule has 1 aromatic carbocycles. The van der Waals surface area contributed by atoms with Crippen LogP contribution in [0.5, 0.6) is 5.75 Å². The van der Waals surface area contributed by atoms with Gasteiger partial charge in [-0.2, -0.15) is 0 Å². The van der Waals surface area contributed by atoms with E-state index in [0.29, 0.717) is 0 Å². The molecule has 0 aliphatic rings. The van der Waals surface area contributed by atoms with Crippen molar-refractivity contribution in [1.82, 2.24) is 4.90 Å². The van der Waals surface area contributed by atoms with Crippen LogP contribution < -0.4 is 10.5 Å². The number of hydrogen-bond donors (Lipinski definition) is 1. The van der Waals surface area contributed by atoms with Gasteiger partial charge in [-0.15, -0.1) is 0 Å². The summed E-state index contributed by atoms with van der Waals surface area (Å²) in [7, 11) is 3.83. The lowest BCUT2D eigenvalue weighted by molar-refractivity contribution is 0.298. The van der Waals surface area contributed by atoms with Crippen LogP contribution in [0.3, 0.4) is 0 Å². The summed E-state index contributed by atoms with van der Waals surface area (Å²) < 4.78 is 6.24. The number of benzene rings is 1. The normalized spacial score (nSPS) is 11.9. The Morgan fingerprint density at radius 3 is 2.53 bits per heavy atom. The van der Waals surface area contributed by atoms with Crippen molar-refractivity contribution in [2.24, 2.45) is 5.73 Å². The maximum Gasteiger partial charge on any atom is 0.133 e. The number of rotatable bonds is 7. The Kier molecular flexibility index (Phi) is 6.30. The minimum absolute atomic E-state index is 0.0859. The number of nitrogens with two attached hydrogens (primary N) is 1. The molecule has 0 spiro atoms. The van der Waals surface area contributed by atoms with E-state index in [1.165, 1.54) is 5.56 Å². The Bertz CT molecular complexity index is 402. The molecule has 108 valence electrons. The SMILES string of the molecule is COc1ccc(CCN(C)CCC(C)(C)N)cc1Br. The van der Waals surface area contributed by atoms with E-state index in [-0.39, 0.29) is 5.54 Å². The summed E-state index contributed by atoms with van der Waals surface area (Å²) in [5.74, 6) is 0.877. The van der Waals surface area contributed by atoms with E-state index in [2.05, 4.69) is 53.9 Å². The summed E-state index contributed by atoms with van der Waals surface area (Å²) in [6.07, 6.45) is 2.04. The van der Waals surface area contributed by atoms with Gasteiger partial charge in [0.2, 0.25) is 0 Å². The van der Waals surface area contributed by atoms with E-state index in [9.17, 15) is 0 Å². The predicted octanol–water partition coefficient (Wildman–Crippen LogP) is 3.06. The van der Waals surface area contributed by atoms with Gasteiger partial charge in [-0.05, 0) is 73.9 Å².